The van der Waals surface area contributed by atoms with Crippen molar-refractivity contribution in [2.75, 3.05) is 5.32 Å². The Balaban J connectivity index is 1.43. The molecule has 3 aromatic rings. The smallest absolute Gasteiger partial charge is 0.245 e. The maximum absolute atomic E-state index is 11.5. The molecule has 2 aromatic heterocycles. The maximum Gasteiger partial charge on any atom is 0.245 e. The van der Waals surface area contributed by atoms with E-state index in [1.165, 1.54) is 12.1 Å². The van der Waals surface area contributed by atoms with Crippen LogP contribution in [0.5, 0.6) is 5.88 Å². The standard InChI is InChI=1S/C23H23N5O3S/c1-14(16-5-11-19(12-6-16)32(24,29)30)25-23-27-20-13-8-17(7-4-15-2-3-15)26-21(20)22(28-23)31-18-9-10-18/h5-6,8,11-15,18H,2-3,9-10H2,1H3,(H2,24,29,30)(H,25,27,28). The molecule has 0 bridgehead atoms. The van der Waals surface area contributed by atoms with Crippen molar-refractivity contribution in [3.8, 4) is 17.7 Å². The molecular formula is C23H23N5O3S. The number of ether oxygens (including phenoxy) is 1. The van der Waals surface area contributed by atoms with E-state index in [0.717, 1.165) is 31.2 Å². The average molecular weight is 450 g/mol. The minimum Gasteiger partial charge on any atom is -0.473 e. The molecule has 1 atom stereocenters. The van der Waals surface area contributed by atoms with Gasteiger partial charge >= 0.3 is 0 Å². The van der Waals surface area contributed by atoms with Crippen LogP contribution in [0.25, 0.3) is 11.0 Å². The molecule has 2 aliphatic rings. The van der Waals surface area contributed by atoms with Gasteiger partial charge < -0.3 is 10.1 Å². The number of nitrogens with zero attached hydrogens (tertiary/aromatic N) is 3. The van der Waals surface area contributed by atoms with Crippen molar-refractivity contribution in [1.29, 1.82) is 0 Å². The highest BCUT2D eigenvalue weighted by Crippen LogP contribution is 2.31. The van der Waals surface area contributed by atoms with Gasteiger partial charge in [0.1, 0.15) is 11.8 Å². The Morgan fingerprint density at radius 2 is 1.81 bits per heavy atom. The van der Waals surface area contributed by atoms with Crippen molar-refractivity contribution in [1.82, 2.24) is 15.0 Å². The largest absolute Gasteiger partial charge is 0.473 e. The molecule has 3 N–H and O–H groups in total. The first kappa shape index (κ1) is 20.7. The zero-order chi connectivity index (χ0) is 22.3. The van der Waals surface area contributed by atoms with Gasteiger partial charge in [-0.2, -0.15) is 4.98 Å². The lowest BCUT2D eigenvalue weighted by Gasteiger charge is -2.16. The summed E-state index contributed by atoms with van der Waals surface area (Å²) in [5, 5.41) is 8.44. The summed E-state index contributed by atoms with van der Waals surface area (Å²) in [4.78, 5) is 13.9. The molecule has 0 saturated heterocycles. The fourth-order valence-electron chi connectivity index (χ4n) is 3.17. The first-order chi connectivity index (χ1) is 15.3. The van der Waals surface area contributed by atoms with Gasteiger partial charge in [-0.25, -0.2) is 23.5 Å². The number of aromatic nitrogens is 3. The van der Waals surface area contributed by atoms with Crippen LogP contribution in [0.15, 0.2) is 41.3 Å². The summed E-state index contributed by atoms with van der Waals surface area (Å²) >= 11 is 0. The van der Waals surface area contributed by atoms with Crippen LogP contribution >= 0.6 is 0 Å². The summed E-state index contributed by atoms with van der Waals surface area (Å²) in [7, 11) is -3.73. The van der Waals surface area contributed by atoms with Gasteiger partial charge in [0, 0.05) is 5.92 Å². The normalized spacial score (nSPS) is 16.8. The van der Waals surface area contributed by atoms with Crippen LogP contribution in [0.2, 0.25) is 0 Å². The fourth-order valence-corrected chi connectivity index (χ4v) is 3.69. The van der Waals surface area contributed by atoms with E-state index in [4.69, 9.17) is 9.88 Å². The Morgan fingerprint density at radius 3 is 2.47 bits per heavy atom. The van der Waals surface area contributed by atoms with Gasteiger partial charge in [-0.15, -0.1) is 0 Å². The van der Waals surface area contributed by atoms with Crippen molar-refractivity contribution in [3.05, 3.63) is 47.7 Å². The predicted octanol–water partition coefficient (Wildman–Crippen LogP) is 3.15. The van der Waals surface area contributed by atoms with Gasteiger partial charge in [-0.3, -0.25) is 0 Å². The van der Waals surface area contributed by atoms with Crippen LogP contribution < -0.4 is 15.2 Å². The number of benzene rings is 1. The monoisotopic (exact) mass is 449 g/mol. The molecule has 8 nitrogen and oxygen atoms in total. The van der Waals surface area contributed by atoms with Crippen LogP contribution in [0.1, 0.15) is 49.9 Å². The highest BCUT2D eigenvalue weighted by atomic mass is 32.2. The summed E-state index contributed by atoms with van der Waals surface area (Å²) in [6, 6.07) is 9.98. The molecule has 2 fully saturated rings. The number of hydrogen-bond acceptors (Lipinski definition) is 7. The molecule has 0 amide bonds. The molecule has 2 saturated carbocycles. The SMILES string of the molecule is CC(Nc1nc(OC2CC2)c2nc(C#CC3CC3)ccc2n1)c1ccc(S(N)(=O)=O)cc1. The molecular weight excluding hydrogens is 426 g/mol. The molecule has 5 rings (SSSR count). The molecule has 0 spiro atoms. The number of nitrogens with one attached hydrogen (secondary N) is 1. The van der Waals surface area contributed by atoms with Crippen molar-refractivity contribution in [3.63, 3.8) is 0 Å². The van der Waals surface area contributed by atoms with Gasteiger partial charge in [0.15, 0.2) is 5.52 Å². The first-order valence-corrected chi connectivity index (χ1v) is 12.2. The Morgan fingerprint density at radius 1 is 1.06 bits per heavy atom. The summed E-state index contributed by atoms with van der Waals surface area (Å²) in [5.41, 5.74) is 2.84. The van der Waals surface area contributed by atoms with E-state index in [-0.39, 0.29) is 17.0 Å². The molecule has 1 aromatic carbocycles. The number of pyridine rings is 1. The lowest BCUT2D eigenvalue weighted by atomic mass is 10.1. The van der Waals surface area contributed by atoms with Gasteiger partial charge in [0.2, 0.25) is 21.9 Å². The molecule has 164 valence electrons. The Kier molecular flexibility index (Phi) is 5.19. The van der Waals surface area contributed by atoms with E-state index in [9.17, 15) is 8.42 Å². The minimum atomic E-state index is -3.73. The fraction of sp³-hybridized carbons (Fsp3) is 0.348. The third kappa shape index (κ3) is 4.82. The Hall–Kier alpha value is -3.22. The van der Waals surface area contributed by atoms with Crippen molar-refractivity contribution >= 4 is 27.0 Å². The Labute approximate surface area is 186 Å². The lowest BCUT2D eigenvalue weighted by Crippen LogP contribution is -2.13. The lowest BCUT2D eigenvalue weighted by molar-refractivity contribution is 0.294. The number of anilines is 1. The predicted molar refractivity (Wildman–Crippen MR) is 120 cm³/mol. The van der Waals surface area contributed by atoms with E-state index < -0.39 is 10.0 Å². The number of primary sulfonamides is 1. The van der Waals surface area contributed by atoms with Crippen molar-refractivity contribution in [2.24, 2.45) is 11.1 Å². The van der Waals surface area contributed by atoms with E-state index in [1.54, 1.807) is 12.1 Å². The first-order valence-electron chi connectivity index (χ1n) is 10.6. The highest BCUT2D eigenvalue weighted by molar-refractivity contribution is 7.89. The number of sulfonamides is 1. The van der Waals surface area contributed by atoms with Gasteiger partial charge in [0.05, 0.1) is 16.5 Å². The quantitative estimate of drug-likeness (QED) is 0.555. The minimum absolute atomic E-state index is 0.0715. The molecule has 32 heavy (non-hydrogen) atoms. The molecule has 0 radical (unpaired) electrons. The summed E-state index contributed by atoms with van der Waals surface area (Å²) in [6.45, 7) is 1.94. The number of nitrogens with two attached hydrogens (primary N) is 1. The van der Waals surface area contributed by atoms with Gasteiger partial charge in [0.25, 0.3) is 0 Å². The Bertz CT molecular complexity index is 1340. The third-order valence-corrected chi connectivity index (χ3v) is 6.28. The second kappa shape index (κ2) is 8.04. The summed E-state index contributed by atoms with van der Waals surface area (Å²) < 4.78 is 29.0. The van der Waals surface area contributed by atoms with Gasteiger partial charge in [-0.05, 0) is 68.4 Å². The van der Waals surface area contributed by atoms with Crippen LogP contribution in [-0.4, -0.2) is 29.5 Å². The van der Waals surface area contributed by atoms with Crippen LogP contribution in [0.4, 0.5) is 5.95 Å². The van der Waals surface area contributed by atoms with E-state index >= 15 is 0 Å². The maximum atomic E-state index is 11.5. The van der Waals surface area contributed by atoms with Gasteiger partial charge in [-0.1, -0.05) is 18.1 Å². The van der Waals surface area contributed by atoms with Crippen LogP contribution in [0, 0.1) is 17.8 Å². The number of fused-ring (bicyclic) bond motifs is 1. The molecule has 1 unspecified atom stereocenters. The number of rotatable bonds is 6. The molecule has 2 aliphatic carbocycles. The van der Waals surface area contributed by atoms with E-state index in [0.29, 0.717) is 34.5 Å². The highest BCUT2D eigenvalue weighted by Gasteiger charge is 2.26. The number of hydrogen-bond donors (Lipinski definition) is 2. The van der Waals surface area contributed by atoms with Crippen molar-refractivity contribution < 1.29 is 13.2 Å². The third-order valence-electron chi connectivity index (χ3n) is 5.35. The average Bonchev–Trinajstić information content (AvgIpc) is 3.68. The zero-order valence-corrected chi connectivity index (χ0v) is 18.4. The zero-order valence-electron chi connectivity index (χ0n) is 17.6. The molecule has 2 heterocycles. The van der Waals surface area contributed by atoms with Crippen molar-refractivity contribution in [2.45, 2.75) is 49.6 Å². The summed E-state index contributed by atoms with van der Waals surface area (Å²) in [6.07, 6.45) is 4.49. The molecule has 0 aliphatic heterocycles. The van der Waals surface area contributed by atoms with Crippen LogP contribution in [-0.2, 0) is 10.0 Å². The topological polar surface area (TPSA) is 120 Å². The van der Waals surface area contributed by atoms with Crippen LogP contribution in [0.3, 0.4) is 0 Å². The summed E-state index contributed by atoms with van der Waals surface area (Å²) in [5.74, 6) is 7.73. The second-order valence-corrected chi connectivity index (χ2v) is 9.82. The molecule has 9 heteroatoms. The van der Waals surface area contributed by atoms with E-state index in [2.05, 4.69) is 32.1 Å². The van der Waals surface area contributed by atoms with E-state index in [1.807, 2.05) is 19.1 Å². The second-order valence-electron chi connectivity index (χ2n) is 8.26.